The molecular weight excluding hydrogens is 80.0 g/mol. The Morgan fingerprint density at radius 1 is 1.67 bits per heavy atom. The highest BCUT2D eigenvalue weighted by Crippen LogP contribution is 1.75. The van der Waals surface area contributed by atoms with Crippen molar-refractivity contribution < 1.29 is 4.94 Å². The highest BCUT2D eigenvalue weighted by atomic mass is 16.8. The third kappa shape index (κ3) is 0.445. The molecule has 0 radical (unpaired) electrons. The van der Waals surface area contributed by atoms with Gasteiger partial charge < -0.3 is 0 Å². The molecule has 0 atom stereocenters. The second-order valence-corrected chi connectivity index (χ2v) is 0.723. The normalized spacial score (nSPS) is 14.7. The van der Waals surface area contributed by atoms with Gasteiger partial charge in [0.15, 0.2) is 0 Å². The van der Waals surface area contributed by atoms with Crippen molar-refractivity contribution in [2.45, 2.75) is 0 Å². The van der Waals surface area contributed by atoms with E-state index in [1.165, 1.54) is 6.21 Å². The van der Waals surface area contributed by atoms with E-state index in [2.05, 4.69) is 21.1 Å². The Morgan fingerprint density at radius 3 is 2.83 bits per heavy atom. The average Bonchev–Trinajstić information content (AvgIpc) is 1.72. The summed E-state index contributed by atoms with van der Waals surface area (Å²) >= 11 is 0. The zero-order valence-electron chi connectivity index (χ0n) is 2.96. The SMILES string of the molecule is C1=CC=NON=1. The van der Waals surface area contributed by atoms with Crippen molar-refractivity contribution in [3.8, 4) is 0 Å². The largest absolute Gasteiger partial charge is 0.236 e. The molecule has 1 heterocycles. The smallest absolute Gasteiger partial charge is 0.0790 e. The number of hydrogen-bond acceptors (Lipinski definition) is 3. The Labute approximate surface area is 34.6 Å². The quantitative estimate of drug-likeness (QED) is 0.409. The first-order valence-electron chi connectivity index (χ1n) is 1.47. The summed E-state index contributed by atoms with van der Waals surface area (Å²) in [5, 5.41) is 6.44. The third-order valence-electron chi connectivity index (χ3n) is 0.351. The minimum atomic E-state index is 1.47. The summed E-state index contributed by atoms with van der Waals surface area (Å²) in [4.78, 5) is 4.12. The number of nitrogens with zero attached hydrogens (tertiary/aromatic N) is 2. The van der Waals surface area contributed by atoms with Crippen molar-refractivity contribution in [2.24, 2.45) is 10.3 Å². The van der Waals surface area contributed by atoms with Gasteiger partial charge in [-0.05, 0) is 5.16 Å². The summed E-state index contributed by atoms with van der Waals surface area (Å²) in [6.07, 6.45) is 3.02. The minimum absolute atomic E-state index is 1.47. The Bertz CT molecular complexity index is 121. The maximum atomic E-state index is 4.12. The maximum absolute atomic E-state index is 4.12. The Balaban J connectivity index is 2.78. The fraction of sp³-hybridized carbons (Fsp3) is 0. The lowest BCUT2D eigenvalue weighted by Crippen LogP contribution is -1.74. The lowest BCUT2D eigenvalue weighted by molar-refractivity contribution is 0.158. The molecular formula is C3H2N2O. The van der Waals surface area contributed by atoms with E-state index in [-0.39, 0.29) is 0 Å². The van der Waals surface area contributed by atoms with Crippen LogP contribution in [0.15, 0.2) is 16.4 Å². The lowest BCUT2D eigenvalue weighted by Gasteiger charge is -1.79. The van der Waals surface area contributed by atoms with E-state index in [1.807, 2.05) is 0 Å². The van der Waals surface area contributed by atoms with E-state index in [9.17, 15) is 0 Å². The van der Waals surface area contributed by atoms with Crippen LogP contribution < -0.4 is 0 Å². The first-order valence-corrected chi connectivity index (χ1v) is 1.47. The van der Waals surface area contributed by atoms with E-state index in [1.54, 1.807) is 6.08 Å². The van der Waals surface area contributed by atoms with Crippen LogP contribution in [0.1, 0.15) is 0 Å². The molecule has 0 aromatic heterocycles. The predicted octanol–water partition coefficient (Wildman–Crippen LogP) is 0.143. The Kier molecular flexibility index (Phi) is 0.719. The number of rotatable bonds is 0. The zero-order valence-corrected chi connectivity index (χ0v) is 2.96. The van der Waals surface area contributed by atoms with Gasteiger partial charge in [-0.15, -0.1) is 0 Å². The van der Waals surface area contributed by atoms with Gasteiger partial charge in [-0.1, -0.05) is 5.16 Å². The monoisotopic (exact) mass is 82.0 g/mol. The molecule has 0 aromatic carbocycles. The summed E-state index contributed by atoms with van der Waals surface area (Å²) in [5.74, 6) is 2.41. The molecule has 0 spiro atoms. The fourth-order valence-electron chi connectivity index (χ4n) is 0.169. The van der Waals surface area contributed by atoms with Gasteiger partial charge >= 0.3 is 0 Å². The molecule has 1 aliphatic heterocycles. The van der Waals surface area contributed by atoms with Crippen LogP contribution in [0.5, 0.6) is 0 Å². The van der Waals surface area contributed by atoms with Gasteiger partial charge in [0, 0.05) is 11.9 Å². The van der Waals surface area contributed by atoms with Crippen molar-refractivity contribution in [1.29, 1.82) is 0 Å². The van der Waals surface area contributed by atoms with E-state index >= 15 is 0 Å². The zero-order chi connectivity index (χ0) is 4.24. The molecule has 0 fully saturated rings. The van der Waals surface area contributed by atoms with Gasteiger partial charge in [-0.2, -0.15) is 0 Å². The highest BCUT2D eigenvalue weighted by Gasteiger charge is 1.69. The van der Waals surface area contributed by atoms with E-state index in [0.717, 1.165) is 0 Å². The minimum Gasteiger partial charge on any atom is -0.236 e. The molecule has 0 amide bonds. The van der Waals surface area contributed by atoms with Crippen LogP contribution in [0, 0.1) is 0 Å². The molecule has 0 aromatic rings. The van der Waals surface area contributed by atoms with Crippen molar-refractivity contribution in [2.75, 3.05) is 0 Å². The van der Waals surface area contributed by atoms with Gasteiger partial charge in [0.05, 0.1) is 6.21 Å². The second-order valence-electron chi connectivity index (χ2n) is 0.723. The molecule has 0 saturated heterocycles. The summed E-state index contributed by atoms with van der Waals surface area (Å²) < 4.78 is 0. The molecule has 3 heteroatoms. The van der Waals surface area contributed by atoms with Gasteiger partial charge in [0.2, 0.25) is 0 Å². The van der Waals surface area contributed by atoms with Gasteiger partial charge in [0.25, 0.3) is 0 Å². The lowest BCUT2D eigenvalue weighted by atomic mass is 10.7. The molecule has 3 nitrogen and oxygen atoms in total. The van der Waals surface area contributed by atoms with Crippen molar-refractivity contribution in [1.82, 2.24) is 0 Å². The molecule has 0 bridgehead atoms. The van der Waals surface area contributed by atoms with Crippen LogP contribution in [0.2, 0.25) is 0 Å². The molecule has 6 heavy (non-hydrogen) atoms. The van der Waals surface area contributed by atoms with Crippen molar-refractivity contribution in [3.63, 3.8) is 0 Å². The van der Waals surface area contributed by atoms with Crippen LogP contribution in [-0.4, -0.2) is 12.1 Å². The Hall–Kier alpha value is -1.08. The third-order valence-corrected chi connectivity index (χ3v) is 0.351. The van der Waals surface area contributed by atoms with E-state index in [4.69, 9.17) is 0 Å². The van der Waals surface area contributed by atoms with Crippen LogP contribution >= 0.6 is 0 Å². The summed E-state index contributed by atoms with van der Waals surface area (Å²) in [6, 6.07) is 0. The van der Waals surface area contributed by atoms with Crippen molar-refractivity contribution in [3.05, 3.63) is 6.08 Å². The van der Waals surface area contributed by atoms with Gasteiger partial charge in [0.1, 0.15) is 0 Å². The van der Waals surface area contributed by atoms with Crippen LogP contribution in [0.3, 0.4) is 0 Å². The van der Waals surface area contributed by atoms with Crippen LogP contribution in [-0.2, 0) is 4.94 Å². The fourth-order valence-corrected chi connectivity index (χ4v) is 0.169. The number of hydrogen-bond donors (Lipinski definition) is 0. The van der Waals surface area contributed by atoms with Gasteiger partial charge in [-0.25, -0.2) is 4.94 Å². The number of oxime groups is 1. The molecule has 0 N–H and O–H groups in total. The average molecular weight is 82.1 g/mol. The molecule has 0 aliphatic carbocycles. The molecule has 1 rings (SSSR count). The summed E-state index contributed by atoms with van der Waals surface area (Å²) in [7, 11) is 0. The standard InChI is InChI=1S/C3H2N2O/c1-2-4-6-5-3-1/h1-2H. The predicted molar refractivity (Wildman–Crippen MR) is 21.6 cm³/mol. The second kappa shape index (κ2) is 1.38. The molecule has 1 aliphatic rings. The molecule has 30 valence electrons. The van der Waals surface area contributed by atoms with E-state index < -0.39 is 0 Å². The van der Waals surface area contributed by atoms with E-state index in [0.29, 0.717) is 0 Å². The van der Waals surface area contributed by atoms with Crippen molar-refractivity contribution >= 4 is 12.1 Å². The van der Waals surface area contributed by atoms with Gasteiger partial charge in [-0.3, -0.25) is 0 Å². The number of allylic oxidation sites excluding steroid dienone is 1. The molecule has 0 unspecified atom stereocenters. The summed E-state index contributed by atoms with van der Waals surface area (Å²) in [6.45, 7) is 0. The molecule has 0 saturated carbocycles. The van der Waals surface area contributed by atoms with Crippen LogP contribution in [0.25, 0.3) is 0 Å². The van der Waals surface area contributed by atoms with Crippen LogP contribution in [0.4, 0.5) is 0 Å². The Morgan fingerprint density at radius 2 is 2.67 bits per heavy atom. The highest BCUT2D eigenvalue weighted by molar-refractivity contribution is 5.83. The first kappa shape index (κ1) is 3.12. The topological polar surface area (TPSA) is 34.0 Å². The first-order chi connectivity index (χ1) is 3.00. The summed E-state index contributed by atoms with van der Waals surface area (Å²) in [5.41, 5.74) is 0. The maximum Gasteiger partial charge on any atom is 0.0790 e.